The Kier molecular flexibility index (Phi) is 4.50. The lowest BCUT2D eigenvalue weighted by atomic mass is 10.2. The molecule has 2 N–H and O–H groups in total. The highest BCUT2D eigenvalue weighted by Crippen LogP contribution is 2.22. The van der Waals surface area contributed by atoms with Crippen molar-refractivity contribution in [2.45, 2.75) is 27.2 Å². The maximum absolute atomic E-state index is 13.5. The molecule has 0 spiro atoms. The van der Waals surface area contributed by atoms with E-state index in [-0.39, 0.29) is 5.82 Å². The van der Waals surface area contributed by atoms with E-state index in [0.717, 1.165) is 24.6 Å². The molecule has 1 heterocycles. The Morgan fingerprint density at radius 1 is 1.15 bits per heavy atom. The van der Waals surface area contributed by atoms with Gasteiger partial charge in [0.1, 0.15) is 23.3 Å². The molecule has 2 aromatic rings. The summed E-state index contributed by atoms with van der Waals surface area (Å²) in [5.41, 5.74) is 1.29. The number of hydrogen-bond acceptors (Lipinski definition) is 4. The minimum atomic E-state index is -0.230. The molecule has 0 fully saturated rings. The van der Waals surface area contributed by atoms with Crippen LogP contribution in [0.3, 0.4) is 0 Å². The summed E-state index contributed by atoms with van der Waals surface area (Å²) < 4.78 is 13.5. The van der Waals surface area contributed by atoms with Gasteiger partial charge >= 0.3 is 0 Å². The Morgan fingerprint density at radius 3 is 2.60 bits per heavy atom. The number of benzene rings is 1. The van der Waals surface area contributed by atoms with Crippen molar-refractivity contribution in [3.05, 3.63) is 41.5 Å². The first-order chi connectivity index (χ1) is 9.63. The molecule has 5 heteroatoms. The van der Waals surface area contributed by atoms with Crippen LogP contribution in [0.1, 0.15) is 25.2 Å². The molecule has 0 aliphatic carbocycles. The lowest BCUT2D eigenvalue weighted by Crippen LogP contribution is -2.06. The van der Waals surface area contributed by atoms with Crippen molar-refractivity contribution in [3.8, 4) is 0 Å². The van der Waals surface area contributed by atoms with E-state index in [9.17, 15) is 4.39 Å². The molecule has 0 aliphatic heterocycles. The number of nitrogens with one attached hydrogen (secondary N) is 2. The van der Waals surface area contributed by atoms with E-state index in [0.29, 0.717) is 17.1 Å². The summed E-state index contributed by atoms with van der Waals surface area (Å²) in [6.07, 6.45) is 0.746. The van der Waals surface area contributed by atoms with E-state index in [1.807, 2.05) is 26.0 Å². The van der Waals surface area contributed by atoms with E-state index < -0.39 is 0 Å². The molecule has 0 unspecified atom stereocenters. The van der Waals surface area contributed by atoms with Crippen LogP contribution in [0.2, 0.25) is 0 Å². The minimum absolute atomic E-state index is 0.230. The van der Waals surface area contributed by atoms with Crippen molar-refractivity contribution < 1.29 is 4.39 Å². The molecule has 1 aromatic carbocycles. The molecule has 0 atom stereocenters. The first-order valence-electron chi connectivity index (χ1n) is 6.78. The zero-order valence-corrected chi connectivity index (χ0v) is 12.0. The van der Waals surface area contributed by atoms with Gasteiger partial charge in [-0.2, -0.15) is 0 Å². The van der Waals surface area contributed by atoms with Crippen LogP contribution in [0.25, 0.3) is 0 Å². The van der Waals surface area contributed by atoms with Gasteiger partial charge in [0.15, 0.2) is 0 Å². The molecule has 4 nitrogen and oxygen atoms in total. The van der Waals surface area contributed by atoms with Crippen LogP contribution in [0.4, 0.5) is 21.7 Å². The van der Waals surface area contributed by atoms with Gasteiger partial charge in [0, 0.05) is 30.3 Å². The van der Waals surface area contributed by atoms with Gasteiger partial charge < -0.3 is 10.6 Å². The summed E-state index contributed by atoms with van der Waals surface area (Å²) in [6, 6.07) is 6.78. The summed E-state index contributed by atoms with van der Waals surface area (Å²) in [5, 5.41) is 6.32. The Bertz CT molecular complexity index is 598. The van der Waals surface area contributed by atoms with Crippen molar-refractivity contribution in [3.63, 3.8) is 0 Å². The maximum atomic E-state index is 13.5. The molecule has 0 saturated heterocycles. The lowest BCUT2D eigenvalue weighted by molar-refractivity contribution is 0.619. The van der Waals surface area contributed by atoms with E-state index in [1.54, 1.807) is 13.0 Å². The molecule has 106 valence electrons. The SMILES string of the molecule is CCNc1cc(Nc2cccc(F)c2C)nc(CC)n1. The zero-order chi connectivity index (χ0) is 14.5. The van der Waals surface area contributed by atoms with Crippen LogP contribution in [0, 0.1) is 12.7 Å². The lowest BCUT2D eigenvalue weighted by Gasteiger charge is -2.12. The molecule has 0 bridgehead atoms. The molecular weight excluding hydrogens is 255 g/mol. The average molecular weight is 274 g/mol. The van der Waals surface area contributed by atoms with E-state index in [4.69, 9.17) is 0 Å². The summed E-state index contributed by atoms with van der Waals surface area (Å²) in [6.45, 7) is 6.54. The van der Waals surface area contributed by atoms with E-state index >= 15 is 0 Å². The summed E-state index contributed by atoms with van der Waals surface area (Å²) in [7, 11) is 0. The predicted molar refractivity (Wildman–Crippen MR) is 80.0 cm³/mol. The largest absolute Gasteiger partial charge is 0.370 e. The number of anilines is 3. The monoisotopic (exact) mass is 274 g/mol. The summed E-state index contributed by atoms with van der Waals surface area (Å²) in [4.78, 5) is 8.80. The highest BCUT2D eigenvalue weighted by molar-refractivity contribution is 5.62. The zero-order valence-electron chi connectivity index (χ0n) is 12.0. The van der Waals surface area contributed by atoms with Gasteiger partial charge in [-0.3, -0.25) is 0 Å². The molecule has 1 aromatic heterocycles. The molecule has 20 heavy (non-hydrogen) atoms. The quantitative estimate of drug-likeness (QED) is 0.873. The van der Waals surface area contributed by atoms with Gasteiger partial charge in [0.2, 0.25) is 0 Å². The highest BCUT2D eigenvalue weighted by atomic mass is 19.1. The number of halogens is 1. The van der Waals surface area contributed by atoms with E-state index in [2.05, 4.69) is 20.6 Å². The fraction of sp³-hybridized carbons (Fsp3) is 0.333. The second-order valence-corrected chi connectivity index (χ2v) is 4.48. The second-order valence-electron chi connectivity index (χ2n) is 4.48. The first-order valence-corrected chi connectivity index (χ1v) is 6.78. The fourth-order valence-electron chi connectivity index (χ4n) is 1.87. The van der Waals surface area contributed by atoms with Crippen LogP contribution in [-0.4, -0.2) is 16.5 Å². The smallest absolute Gasteiger partial charge is 0.136 e. The van der Waals surface area contributed by atoms with Crippen LogP contribution < -0.4 is 10.6 Å². The van der Waals surface area contributed by atoms with Crippen molar-refractivity contribution in [1.29, 1.82) is 0 Å². The number of aromatic nitrogens is 2. The number of aryl methyl sites for hydroxylation is 1. The Balaban J connectivity index is 2.32. The van der Waals surface area contributed by atoms with Crippen molar-refractivity contribution >= 4 is 17.3 Å². The maximum Gasteiger partial charge on any atom is 0.136 e. The van der Waals surface area contributed by atoms with Crippen molar-refractivity contribution in [2.75, 3.05) is 17.2 Å². The molecule has 0 radical (unpaired) electrons. The topological polar surface area (TPSA) is 49.8 Å². The molecular formula is C15H19FN4. The Labute approximate surface area is 118 Å². The minimum Gasteiger partial charge on any atom is -0.370 e. The normalized spacial score (nSPS) is 10.4. The van der Waals surface area contributed by atoms with Gasteiger partial charge in [0.05, 0.1) is 0 Å². The van der Waals surface area contributed by atoms with Gasteiger partial charge in [-0.1, -0.05) is 13.0 Å². The molecule has 2 rings (SSSR count). The number of nitrogens with zero attached hydrogens (tertiary/aromatic N) is 2. The van der Waals surface area contributed by atoms with Crippen LogP contribution in [0.15, 0.2) is 24.3 Å². The first kappa shape index (κ1) is 14.2. The summed E-state index contributed by atoms with van der Waals surface area (Å²) >= 11 is 0. The third kappa shape index (κ3) is 3.23. The van der Waals surface area contributed by atoms with Crippen molar-refractivity contribution in [2.24, 2.45) is 0 Å². The predicted octanol–water partition coefficient (Wildman–Crippen LogP) is 3.66. The van der Waals surface area contributed by atoms with Gasteiger partial charge in [-0.05, 0) is 26.0 Å². The molecule has 0 amide bonds. The van der Waals surface area contributed by atoms with Gasteiger partial charge in [0.25, 0.3) is 0 Å². The van der Waals surface area contributed by atoms with Crippen LogP contribution in [0.5, 0.6) is 0 Å². The third-order valence-corrected chi connectivity index (χ3v) is 2.98. The van der Waals surface area contributed by atoms with Crippen LogP contribution >= 0.6 is 0 Å². The standard InChI is InChI=1S/C15H19FN4/c1-4-13-19-14(17-5-2)9-15(20-13)18-12-8-6-7-11(16)10(12)3/h6-9H,4-5H2,1-3H3,(H2,17,18,19,20). The molecule has 0 aliphatic rings. The number of hydrogen-bond donors (Lipinski definition) is 2. The van der Waals surface area contributed by atoms with Crippen LogP contribution in [-0.2, 0) is 6.42 Å². The Morgan fingerprint density at radius 2 is 1.90 bits per heavy atom. The fourth-order valence-corrected chi connectivity index (χ4v) is 1.87. The summed E-state index contributed by atoms with van der Waals surface area (Å²) in [5.74, 6) is 1.96. The highest BCUT2D eigenvalue weighted by Gasteiger charge is 2.07. The third-order valence-electron chi connectivity index (χ3n) is 2.98. The van der Waals surface area contributed by atoms with Crippen molar-refractivity contribution in [1.82, 2.24) is 9.97 Å². The second kappa shape index (κ2) is 6.32. The molecule has 0 saturated carbocycles. The average Bonchev–Trinajstić information content (AvgIpc) is 2.44. The Hall–Kier alpha value is -2.17. The van der Waals surface area contributed by atoms with E-state index in [1.165, 1.54) is 6.07 Å². The number of rotatable bonds is 5. The van der Waals surface area contributed by atoms with Gasteiger partial charge in [-0.25, -0.2) is 14.4 Å². The van der Waals surface area contributed by atoms with Gasteiger partial charge in [-0.15, -0.1) is 0 Å².